The number of hydrogen-bond donors (Lipinski definition) is 2. The predicted molar refractivity (Wildman–Crippen MR) is 123 cm³/mol. The number of hydrogen-bond acceptors (Lipinski definition) is 4. The molecule has 9 heteroatoms. The quantitative estimate of drug-likeness (QED) is 0.637. The summed E-state index contributed by atoms with van der Waals surface area (Å²) in [4.78, 5) is 33.9. The van der Waals surface area contributed by atoms with Crippen LogP contribution in [0.1, 0.15) is 55.5 Å². The molecule has 5 rings (SSSR count). The van der Waals surface area contributed by atoms with E-state index in [-0.39, 0.29) is 29.6 Å². The third kappa shape index (κ3) is 3.37. The molecule has 2 aromatic rings. The SMILES string of the molecule is CC(O)C(=O)N1CCN2C(=O)c3cnc(C(=CC(=[NH2+])c4ccc(F)cc4)C4(C)CC4)n3C2(C)C1. The molecule has 2 unspecified atom stereocenters. The fourth-order valence-corrected chi connectivity index (χ4v) is 5.12. The molecule has 1 aliphatic carbocycles. The van der Waals surface area contributed by atoms with Crippen LogP contribution in [0.5, 0.6) is 0 Å². The van der Waals surface area contributed by atoms with Gasteiger partial charge in [0, 0.05) is 30.3 Å². The number of nitrogens with two attached hydrogens (primary N) is 1. The van der Waals surface area contributed by atoms with Crippen LogP contribution in [-0.2, 0) is 10.5 Å². The molecule has 3 N–H and O–H groups in total. The minimum Gasteiger partial charge on any atom is -0.384 e. The van der Waals surface area contributed by atoms with Gasteiger partial charge in [0.25, 0.3) is 11.8 Å². The van der Waals surface area contributed by atoms with Crippen molar-refractivity contribution in [1.82, 2.24) is 19.4 Å². The molecule has 2 amide bonds. The Labute approximate surface area is 197 Å². The highest BCUT2D eigenvalue weighted by atomic mass is 19.1. The summed E-state index contributed by atoms with van der Waals surface area (Å²) in [5.41, 5.74) is 1.59. The predicted octanol–water partition coefficient (Wildman–Crippen LogP) is 0.806. The molecule has 2 aliphatic heterocycles. The van der Waals surface area contributed by atoms with Gasteiger partial charge >= 0.3 is 0 Å². The first-order valence-corrected chi connectivity index (χ1v) is 11.5. The third-order valence-electron chi connectivity index (χ3n) is 7.41. The zero-order chi connectivity index (χ0) is 24.4. The first-order chi connectivity index (χ1) is 16.0. The molecule has 8 nitrogen and oxygen atoms in total. The average molecular weight is 467 g/mol. The van der Waals surface area contributed by atoms with Crippen LogP contribution < -0.4 is 5.41 Å². The molecular weight excluding hydrogens is 437 g/mol. The van der Waals surface area contributed by atoms with Crippen LogP contribution in [0, 0.1) is 11.2 Å². The van der Waals surface area contributed by atoms with Crippen LogP contribution in [0.15, 0.2) is 36.5 Å². The molecule has 178 valence electrons. The van der Waals surface area contributed by atoms with Gasteiger partial charge in [-0.05, 0) is 56.4 Å². The molecule has 1 aromatic heterocycles. The second kappa shape index (κ2) is 7.59. The van der Waals surface area contributed by atoms with E-state index in [9.17, 15) is 19.1 Å². The Bertz CT molecular complexity index is 1230. The number of carbonyl (C=O) groups excluding carboxylic acids is 2. The highest BCUT2D eigenvalue weighted by molar-refractivity contribution is 6.09. The lowest BCUT2D eigenvalue weighted by molar-refractivity contribution is -0.145. The standard InChI is InChI=1S/C25H28FN5O3/c1-15(32)22(33)29-10-11-30-23(34)20-13-28-21(31(20)25(30,3)14-29)18(24(2)8-9-24)12-19(27)16-4-6-17(26)7-5-16/h4-7,12-13,15,27,32H,8-11,14H2,1-3H3/p+1. The van der Waals surface area contributed by atoms with Crippen molar-refractivity contribution in [3.63, 3.8) is 0 Å². The van der Waals surface area contributed by atoms with Crippen molar-refractivity contribution in [3.8, 4) is 0 Å². The Kier molecular flexibility index (Phi) is 5.02. The van der Waals surface area contributed by atoms with E-state index in [2.05, 4.69) is 11.9 Å². The molecule has 3 heterocycles. The van der Waals surface area contributed by atoms with Crippen LogP contribution >= 0.6 is 0 Å². The maximum atomic E-state index is 13.4. The highest BCUT2D eigenvalue weighted by Crippen LogP contribution is 2.56. The highest BCUT2D eigenvalue weighted by Gasteiger charge is 2.54. The summed E-state index contributed by atoms with van der Waals surface area (Å²) in [7, 11) is 0. The zero-order valence-corrected chi connectivity index (χ0v) is 19.6. The lowest BCUT2D eigenvalue weighted by atomic mass is 9.93. The number of nitrogens with zero attached hydrogens (tertiary/aromatic N) is 4. The smallest absolute Gasteiger partial charge is 0.274 e. The fourth-order valence-electron chi connectivity index (χ4n) is 5.12. The van der Waals surface area contributed by atoms with Gasteiger partial charge in [-0.25, -0.2) is 9.37 Å². The minimum absolute atomic E-state index is 0.124. The Morgan fingerprint density at radius 1 is 1.24 bits per heavy atom. The van der Waals surface area contributed by atoms with Crippen molar-refractivity contribution < 1.29 is 24.5 Å². The number of fused-ring (bicyclic) bond motifs is 3. The number of halogens is 1. The molecule has 3 aliphatic rings. The molecule has 34 heavy (non-hydrogen) atoms. The summed E-state index contributed by atoms with van der Waals surface area (Å²) in [5.74, 6) is -0.172. The van der Waals surface area contributed by atoms with Crippen molar-refractivity contribution in [2.75, 3.05) is 19.6 Å². The van der Waals surface area contributed by atoms with Crippen molar-refractivity contribution in [2.45, 2.75) is 45.4 Å². The van der Waals surface area contributed by atoms with Crippen molar-refractivity contribution in [3.05, 3.63) is 59.4 Å². The van der Waals surface area contributed by atoms with Gasteiger partial charge in [-0.2, -0.15) is 0 Å². The lowest BCUT2D eigenvalue weighted by Gasteiger charge is -2.46. The van der Waals surface area contributed by atoms with Gasteiger partial charge in [0.2, 0.25) is 5.71 Å². The number of allylic oxidation sites excluding steroid dienone is 2. The second-order valence-electron chi connectivity index (χ2n) is 9.99. The van der Waals surface area contributed by atoms with Crippen LogP contribution in [-0.4, -0.2) is 67.7 Å². The monoisotopic (exact) mass is 466 g/mol. The van der Waals surface area contributed by atoms with Gasteiger partial charge in [0.05, 0.1) is 12.7 Å². The van der Waals surface area contributed by atoms with Gasteiger partial charge in [-0.3, -0.25) is 19.6 Å². The number of aliphatic hydroxyl groups excluding tert-OH is 1. The second-order valence-corrected chi connectivity index (χ2v) is 9.99. The summed E-state index contributed by atoms with van der Waals surface area (Å²) < 4.78 is 15.3. The molecule has 0 bridgehead atoms. The van der Waals surface area contributed by atoms with Gasteiger partial charge in [0.15, 0.2) is 0 Å². The number of aromatic nitrogens is 2. The zero-order valence-electron chi connectivity index (χ0n) is 19.6. The molecular formula is C25H29FN5O3+. The van der Waals surface area contributed by atoms with E-state index in [4.69, 9.17) is 5.41 Å². The Balaban J connectivity index is 1.59. The van der Waals surface area contributed by atoms with Gasteiger partial charge in [-0.1, -0.05) is 6.92 Å². The summed E-state index contributed by atoms with van der Waals surface area (Å²) in [6.45, 7) is 6.50. The van der Waals surface area contributed by atoms with Crippen molar-refractivity contribution in [1.29, 1.82) is 0 Å². The molecule has 1 aromatic carbocycles. The van der Waals surface area contributed by atoms with E-state index in [0.29, 0.717) is 35.9 Å². The summed E-state index contributed by atoms with van der Waals surface area (Å²) >= 11 is 0. The van der Waals surface area contributed by atoms with E-state index >= 15 is 0 Å². The number of piperazine rings is 1. The fraction of sp³-hybridized carbons (Fsp3) is 0.440. The van der Waals surface area contributed by atoms with Crippen molar-refractivity contribution in [2.24, 2.45) is 5.41 Å². The first-order valence-electron chi connectivity index (χ1n) is 11.5. The van der Waals surface area contributed by atoms with E-state index in [1.54, 1.807) is 28.1 Å². The van der Waals surface area contributed by atoms with Gasteiger partial charge in [0.1, 0.15) is 29.1 Å². The minimum atomic E-state index is -1.11. The lowest BCUT2D eigenvalue weighted by Crippen LogP contribution is -2.61. The molecule has 1 saturated heterocycles. The van der Waals surface area contributed by atoms with Gasteiger partial charge < -0.3 is 14.9 Å². The molecule has 0 spiro atoms. The van der Waals surface area contributed by atoms with E-state index in [1.807, 2.05) is 17.6 Å². The van der Waals surface area contributed by atoms with Crippen LogP contribution in [0.2, 0.25) is 0 Å². The van der Waals surface area contributed by atoms with Crippen molar-refractivity contribution >= 4 is 23.1 Å². The maximum absolute atomic E-state index is 13.4. The Morgan fingerprint density at radius 2 is 1.91 bits per heavy atom. The third-order valence-corrected chi connectivity index (χ3v) is 7.41. The molecule has 2 fully saturated rings. The largest absolute Gasteiger partial charge is 0.384 e. The average Bonchev–Trinajstić information content (AvgIpc) is 3.31. The van der Waals surface area contributed by atoms with E-state index < -0.39 is 11.8 Å². The molecule has 1 saturated carbocycles. The molecule has 0 radical (unpaired) electrons. The van der Waals surface area contributed by atoms with Crippen LogP contribution in [0.25, 0.3) is 5.57 Å². The number of benzene rings is 1. The number of amides is 2. The van der Waals surface area contributed by atoms with E-state index in [0.717, 1.165) is 18.4 Å². The summed E-state index contributed by atoms with van der Waals surface area (Å²) in [5, 5.41) is 16.3. The normalized spacial score (nSPS) is 24.0. The summed E-state index contributed by atoms with van der Waals surface area (Å²) in [6.07, 6.45) is 4.28. The number of rotatable bonds is 5. The summed E-state index contributed by atoms with van der Waals surface area (Å²) in [6, 6.07) is 6.01. The van der Waals surface area contributed by atoms with Crippen LogP contribution in [0.4, 0.5) is 4.39 Å². The number of imidazole rings is 1. The number of carbonyl (C=O) groups is 2. The first kappa shape index (κ1) is 22.5. The van der Waals surface area contributed by atoms with Crippen LogP contribution in [0.3, 0.4) is 0 Å². The molecule has 2 atom stereocenters. The van der Waals surface area contributed by atoms with E-state index in [1.165, 1.54) is 19.1 Å². The topological polar surface area (TPSA) is 104 Å². The maximum Gasteiger partial charge on any atom is 0.274 e. The Hall–Kier alpha value is -3.33. The Morgan fingerprint density at radius 3 is 2.53 bits per heavy atom. The number of aliphatic hydroxyl groups is 1. The van der Waals surface area contributed by atoms with Gasteiger partial charge in [-0.15, -0.1) is 0 Å².